The molecule has 0 aromatic carbocycles. The third-order valence-electron chi connectivity index (χ3n) is 3.16. The number of carbonyl (C=O) groups excluding carboxylic acids is 1. The molecular formula is C11H19NO3. The van der Waals surface area contributed by atoms with E-state index in [1.54, 1.807) is 0 Å². The number of aliphatic carboxylic acids is 1. The van der Waals surface area contributed by atoms with Gasteiger partial charge in [-0.15, -0.1) is 0 Å². The molecular weight excluding hydrogens is 194 g/mol. The SMILES string of the molecule is CCC(CC)C(C(=O)O)N(C=O)C1CC1. The summed E-state index contributed by atoms with van der Waals surface area (Å²) < 4.78 is 0. The summed E-state index contributed by atoms with van der Waals surface area (Å²) in [6.07, 6.45) is 4.19. The van der Waals surface area contributed by atoms with E-state index in [1.165, 1.54) is 4.90 Å². The van der Waals surface area contributed by atoms with E-state index in [0.29, 0.717) is 6.41 Å². The Morgan fingerprint density at radius 2 is 2.00 bits per heavy atom. The number of amides is 1. The van der Waals surface area contributed by atoms with Crippen LogP contribution < -0.4 is 0 Å². The Morgan fingerprint density at radius 3 is 2.27 bits per heavy atom. The van der Waals surface area contributed by atoms with Crippen LogP contribution in [0.5, 0.6) is 0 Å². The summed E-state index contributed by atoms with van der Waals surface area (Å²) in [6.45, 7) is 3.94. The van der Waals surface area contributed by atoms with Crippen molar-refractivity contribution in [1.29, 1.82) is 0 Å². The van der Waals surface area contributed by atoms with Gasteiger partial charge in [-0.1, -0.05) is 26.7 Å². The highest BCUT2D eigenvalue weighted by atomic mass is 16.4. The van der Waals surface area contributed by atoms with Gasteiger partial charge in [-0.25, -0.2) is 4.79 Å². The van der Waals surface area contributed by atoms with Crippen molar-refractivity contribution in [3.8, 4) is 0 Å². The Balaban J connectivity index is 2.78. The quantitative estimate of drug-likeness (QED) is 0.652. The average molecular weight is 213 g/mol. The topological polar surface area (TPSA) is 57.6 Å². The minimum Gasteiger partial charge on any atom is -0.480 e. The van der Waals surface area contributed by atoms with Crippen LogP contribution in [0.1, 0.15) is 39.5 Å². The number of hydrogen-bond acceptors (Lipinski definition) is 2. The first-order valence-corrected chi connectivity index (χ1v) is 5.61. The van der Waals surface area contributed by atoms with Gasteiger partial charge in [-0.05, 0) is 18.8 Å². The van der Waals surface area contributed by atoms with Gasteiger partial charge in [-0.2, -0.15) is 0 Å². The van der Waals surface area contributed by atoms with E-state index in [2.05, 4.69) is 0 Å². The van der Waals surface area contributed by atoms with E-state index in [-0.39, 0.29) is 12.0 Å². The van der Waals surface area contributed by atoms with Crippen molar-refractivity contribution in [3.63, 3.8) is 0 Å². The van der Waals surface area contributed by atoms with Gasteiger partial charge in [0.05, 0.1) is 0 Å². The van der Waals surface area contributed by atoms with Crippen molar-refractivity contribution in [2.24, 2.45) is 5.92 Å². The zero-order chi connectivity index (χ0) is 11.4. The van der Waals surface area contributed by atoms with Gasteiger partial charge in [-0.3, -0.25) is 4.79 Å². The fraction of sp³-hybridized carbons (Fsp3) is 0.818. The van der Waals surface area contributed by atoms with E-state index < -0.39 is 12.0 Å². The van der Waals surface area contributed by atoms with E-state index in [9.17, 15) is 14.7 Å². The summed E-state index contributed by atoms with van der Waals surface area (Å²) in [7, 11) is 0. The zero-order valence-corrected chi connectivity index (χ0v) is 9.35. The molecule has 1 rings (SSSR count). The molecule has 15 heavy (non-hydrogen) atoms. The molecule has 1 saturated carbocycles. The maximum atomic E-state index is 11.2. The lowest BCUT2D eigenvalue weighted by Gasteiger charge is -2.30. The predicted molar refractivity (Wildman–Crippen MR) is 56.4 cm³/mol. The number of rotatable bonds is 7. The summed E-state index contributed by atoms with van der Waals surface area (Å²) in [6, 6.07) is -0.464. The first-order chi connectivity index (χ1) is 7.15. The van der Waals surface area contributed by atoms with Gasteiger partial charge in [0, 0.05) is 6.04 Å². The van der Waals surface area contributed by atoms with Crippen LogP contribution in [0.15, 0.2) is 0 Å². The van der Waals surface area contributed by atoms with Gasteiger partial charge in [0.25, 0.3) is 0 Å². The van der Waals surface area contributed by atoms with Crippen molar-refractivity contribution in [1.82, 2.24) is 4.90 Å². The molecule has 1 N–H and O–H groups in total. The molecule has 0 aromatic heterocycles. The third-order valence-corrected chi connectivity index (χ3v) is 3.16. The molecule has 4 heteroatoms. The van der Waals surface area contributed by atoms with Gasteiger partial charge in [0.1, 0.15) is 6.04 Å². The molecule has 1 atom stereocenters. The Labute approximate surface area is 90.3 Å². The molecule has 86 valence electrons. The van der Waals surface area contributed by atoms with Crippen LogP contribution in [0.3, 0.4) is 0 Å². The van der Waals surface area contributed by atoms with Crippen molar-refractivity contribution >= 4 is 12.4 Å². The second-order valence-electron chi connectivity index (χ2n) is 4.14. The van der Waals surface area contributed by atoms with Crippen LogP contribution in [0.4, 0.5) is 0 Å². The summed E-state index contributed by atoms with van der Waals surface area (Å²) in [5.41, 5.74) is 0. The minimum atomic E-state index is -0.872. The maximum absolute atomic E-state index is 11.2. The highest BCUT2D eigenvalue weighted by Gasteiger charge is 2.39. The summed E-state index contributed by atoms with van der Waals surface area (Å²) in [4.78, 5) is 23.6. The third kappa shape index (κ3) is 2.70. The van der Waals surface area contributed by atoms with Crippen LogP contribution in [0.2, 0.25) is 0 Å². The second kappa shape index (κ2) is 5.14. The molecule has 0 heterocycles. The van der Waals surface area contributed by atoms with E-state index in [4.69, 9.17) is 0 Å². The molecule has 0 bridgehead atoms. The van der Waals surface area contributed by atoms with Crippen LogP contribution in [-0.4, -0.2) is 34.5 Å². The summed E-state index contributed by atoms with van der Waals surface area (Å²) >= 11 is 0. The molecule has 1 amide bonds. The summed E-state index contributed by atoms with van der Waals surface area (Å²) in [5.74, 6) is -0.809. The molecule has 0 spiro atoms. The van der Waals surface area contributed by atoms with E-state index >= 15 is 0 Å². The highest BCUT2D eigenvalue weighted by Crippen LogP contribution is 2.31. The smallest absolute Gasteiger partial charge is 0.326 e. The highest BCUT2D eigenvalue weighted by molar-refractivity contribution is 5.77. The Hall–Kier alpha value is -1.06. The Morgan fingerprint density at radius 1 is 1.47 bits per heavy atom. The van der Waals surface area contributed by atoms with E-state index in [1.807, 2.05) is 13.8 Å². The van der Waals surface area contributed by atoms with Crippen molar-refractivity contribution in [3.05, 3.63) is 0 Å². The standard InChI is InChI=1S/C11H19NO3/c1-3-8(4-2)10(11(14)15)12(7-13)9-5-6-9/h7-10H,3-6H2,1-2H3,(H,14,15). The first kappa shape index (κ1) is 12.0. The average Bonchev–Trinajstić information content (AvgIpc) is 3.02. The van der Waals surface area contributed by atoms with Crippen molar-refractivity contribution < 1.29 is 14.7 Å². The molecule has 1 aliphatic rings. The molecule has 0 radical (unpaired) electrons. The Kier molecular flexibility index (Phi) is 4.12. The lowest BCUT2D eigenvalue weighted by Crippen LogP contribution is -2.46. The predicted octanol–water partition coefficient (Wildman–Crippen LogP) is 1.50. The van der Waals surface area contributed by atoms with Gasteiger partial charge in [0.2, 0.25) is 6.41 Å². The van der Waals surface area contributed by atoms with Crippen LogP contribution in [-0.2, 0) is 9.59 Å². The first-order valence-electron chi connectivity index (χ1n) is 5.61. The van der Waals surface area contributed by atoms with Crippen molar-refractivity contribution in [2.75, 3.05) is 0 Å². The van der Waals surface area contributed by atoms with Gasteiger partial charge >= 0.3 is 5.97 Å². The maximum Gasteiger partial charge on any atom is 0.326 e. The minimum absolute atomic E-state index is 0.0632. The molecule has 4 nitrogen and oxygen atoms in total. The number of hydrogen-bond donors (Lipinski definition) is 1. The number of carbonyl (C=O) groups is 2. The van der Waals surface area contributed by atoms with Crippen LogP contribution in [0, 0.1) is 5.92 Å². The monoisotopic (exact) mass is 213 g/mol. The van der Waals surface area contributed by atoms with Gasteiger partial charge < -0.3 is 10.0 Å². The molecule has 0 aliphatic heterocycles. The molecule has 1 aliphatic carbocycles. The largest absolute Gasteiger partial charge is 0.480 e. The van der Waals surface area contributed by atoms with Crippen molar-refractivity contribution in [2.45, 2.75) is 51.6 Å². The number of nitrogens with zero attached hydrogens (tertiary/aromatic N) is 1. The lowest BCUT2D eigenvalue weighted by atomic mass is 9.93. The zero-order valence-electron chi connectivity index (χ0n) is 9.35. The fourth-order valence-electron chi connectivity index (χ4n) is 2.06. The number of carboxylic acid groups (broad SMARTS) is 1. The van der Waals surface area contributed by atoms with Crippen LogP contribution in [0.25, 0.3) is 0 Å². The normalized spacial score (nSPS) is 17.5. The summed E-state index contributed by atoms with van der Waals surface area (Å²) in [5, 5.41) is 9.18. The Bertz CT molecular complexity index is 234. The molecule has 1 unspecified atom stereocenters. The van der Waals surface area contributed by atoms with Gasteiger partial charge in [0.15, 0.2) is 0 Å². The molecule has 1 fully saturated rings. The van der Waals surface area contributed by atoms with Crippen LogP contribution >= 0.6 is 0 Å². The number of carboxylic acids is 1. The lowest BCUT2D eigenvalue weighted by molar-refractivity contribution is -0.149. The second-order valence-corrected chi connectivity index (χ2v) is 4.14. The molecule has 0 aromatic rings. The fourth-order valence-corrected chi connectivity index (χ4v) is 2.06. The van der Waals surface area contributed by atoms with E-state index in [0.717, 1.165) is 25.7 Å². The molecule has 0 saturated heterocycles.